The monoisotopic (exact) mass is 473 g/mol. The SMILES string of the molecule is CCOc1cc(OC(C)(C)C(=O)O)c(C(Nc2ccc(C(=N)N)cc2)C(=O)OC)cc1OCC. The number of hydrogen-bond acceptors (Lipinski definition) is 8. The fraction of sp³-hybridized carbons (Fsp3) is 0.375. The van der Waals surface area contributed by atoms with Gasteiger partial charge in [-0.05, 0) is 58.0 Å². The summed E-state index contributed by atoms with van der Waals surface area (Å²) < 4.78 is 22.2. The minimum atomic E-state index is -1.60. The van der Waals surface area contributed by atoms with Gasteiger partial charge in [0.2, 0.25) is 0 Å². The van der Waals surface area contributed by atoms with Gasteiger partial charge in [0.25, 0.3) is 0 Å². The number of ether oxygens (including phenoxy) is 4. The van der Waals surface area contributed by atoms with E-state index in [4.69, 9.17) is 30.1 Å². The first-order valence-electron chi connectivity index (χ1n) is 10.7. The number of amidine groups is 1. The molecule has 10 nitrogen and oxygen atoms in total. The highest BCUT2D eigenvalue weighted by atomic mass is 16.5. The molecule has 0 saturated heterocycles. The third-order valence-corrected chi connectivity index (χ3v) is 4.81. The summed E-state index contributed by atoms with van der Waals surface area (Å²) >= 11 is 0. The standard InChI is InChI=1S/C24H31N3O7/c1-6-32-18-12-16(17(13-19(18)33-7-2)34-24(3,4)23(29)30)20(22(28)31-5)27-15-10-8-14(9-11-15)21(25)26/h8-13,20,27H,6-7H2,1-5H3,(H3,25,26)(H,29,30). The zero-order chi connectivity index (χ0) is 25.5. The first kappa shape index (κ1) is 26.3. The molecule has 0 aliphatic carbocycles. The first-order valence-corrected chi connectivity index (χ1v) is 10.7. The van der Waals surface area contributed by atoms with Crippen molar-refractivity contribution in [3.05, 3.63) is 47.5 Å². The number of anilines is 1. The van der Waals surface area contributed by atoms with Crippen molar-refractivity contribution < 1.29 is 33.6 Å². The van der Waals surface area contributed by atoms with E-state index in [0.29, 0.717) is 41.5 Å². The molecule has 2 rings (SSSR count). The topological polar surface area (TPSA) is 153 Å². The van der Waals surface area contributed by atoms with Crippen LogP contribution in [0.1, 0.15) is 44.9 Å². The van der Waals surface area contributed by atoms with Gasteiger partial charge in [-0.25, -0.2) is 9.59 Å². The number of nitrogens with two attached hydrogens (primary N) is 1. The van der Waals surface area contributed by atoms with Crippen LogP contribution in [0.2, 0.25) is 0 Å². The molecule has 184 valence electrons. The molecule has 0 fully saturated rings. The Morgan fingerprint density at radius 2 is 1.62 bits per heavy atom. The number of carbonyl (C=O) groups excluding carboxylic acids is 1. The molecular formula is C24H31N3O7. The van der Waals surface area contributed by atoms with Crippen molar-refractivity contribution in [1.82, 2.24) is 0 Å². The normalized spacial score (nSPS) is 11.8. The van der Waals surface area contributed by atoms with E-state index in [1.165, 1.54) is 27.0 Å². The fourth-order valence-electron chi connectivity index (χ4n) is 3.02. The molecule has 2 aromatic rings. The van der Waals surface area contributed by atoms with E-state index in [1.54, 1.807) is 44.2 Å². The van der Waals surface area contributed by atoms with E-state index >= 15 is 0 Å². The number of benzene rings is 2. The summed E-state index contributed by atoms with van der Waals surface area (Å²) in [5.41, 5.74) is 5.26. The number of carboxylic acid groups (broad SMARTS) is 1. The average molecular weight is 474 g/mol. The third kappa shape index (κ3) is 6.31. The van der Waals surface area contributed by atoms with Gasteiger partial charge in [-0.1, -0.05) is 0 Å². The van der Waals surface area contributed by atoms with Crippen LogP contribution in [0.5, 0.6) is 17.2 Å². The number of esters is 1. The Bertz CT molecular complexity index is 1040. The first-order chi connectivity index (χ1) is 16.0. The third-order valence-electron chi connectivity index (χ3n) is 4.81. The van der Waals surface area contributed by atoms with Crippen LogP contribution in [-0.2, 0) is 14.3 Å². The van der Waals surface area contributed by atoms with Gasteiger partial charge in [0.05, 0.1) is 20.3 Å². The van der Waals surface area contributed by atoms with Gasteiger partial charge in [0, 0.05) is 22.9 Å². The predicted molar refractivity (Wildman–Crippen MR) is 127 cm³/mol. The number of aliphatic carboxylic acids is 1. The van der Waals surface area contributed by atoms with Crippen molar-refractivity contribution in [2.45, 2.75) is 39.3 Å². The minimum absolute atomic E-state index is 0.0875. The Hall–Kier alpha value is -3.95. The van der Waals surface area contributed by atoms with Crippen molar-refractivity contribution in [3.8, 4) is 17.2 Å². The van der Waals surface area contributed by atoms with Gasteiger partial charge < -0.3 is 35.1 Å². The second kappa shape index (κ2) is 11.3. The molecule has 0 aromatic heterocycles. The second-order valence-electron chi connectivity index (χ2n) is 7.71. The van der Waals surface area contributed by atoms with Crippen molar-refractivity contribution in [3.63, 3.8) is 0 Å². The lowest BCUT2D eigenvalue weighted by Crippen LogP contribution is -2.38. The van der Waals surface area contributed by atoms with E-state index in [-0.39, 0.29) is 11.6 Å². The fourth-order valence-corrected chi connectivity index (χ4v) is 3.02. The summed E-state index contributed by atoms with van der Waals surface area (Å²) in [6.07, 6.45) is 0. The van der Waals surface area contributed by atoms with Crippen LogP contribution in [0.4, 0.5) is 5.69 Å². The molecule has 0 radical (unpaired) electrons. The van der Waals surface area contributed by atoms with E-state index in [1.807, 2.05) is 0 Å². The zero-order valence-corrected chi connectivity index (χ0v) is 19.9. The summed E-state index contributed by atoms with van der Waals surface area (Å²) in [7, 11) is 1.25. The number of carbonyl (C=O) groups is 2. The smallest absolute Gasteiger partial charge is 0.347 e. The summed E-state index contributed by atoms with van der Waals surface area (Å²) in [4.78, 5) is 24.6. The van der Waals surface area contributed by atoms with Gasteiger partial charge in [0.15, 0.2) is 23.1 Å². The molecule has 34 heavy (non-hydrogen) atoms. The van der Waals surface area contributed by atoms with Gasteiger partial charge in [0.1, 0.15) is 11.6 Å². The summed E-state index contributed by atoms with van der Waals surface area (Å²) in [6, 6.07) is 8.58. The highest BCUT2D eigenvalue weighted by Crippen LogP contribution is 2.41. The summed E-state index contributed by atoms with van der Waals surface area (Å²) in [5.74, 6) is -1.09. The number of carboxylic acids is 1. The van der Waals surface area contributed by atoms with Crippen molar-refractivity contribution in [1.29, 1.82) is 5.41 Å². The van der Waals surface area contributed by atoms with Crippen molar-refractivity contribution in [2.75, 3.05) is 25.6 Å². The quantitative estimate of drug-likeness (QED) is 0.206. The molecule has 5 N–H and O–H groups in total. The zero-order valence-electron chi connectivity index (χ0n) is 19.9. The number of rotatable bonds is 12. The van der Waals surface area contributed by atoms with Crippen LogP contribution in [0.25, 0.3) is 0 Å². The van der Waals surface area contributed by atoms with Crippen LogP contribution in [0.15, 0.2) is 36.4 Å². The molecule has 0 aliphatic heterocycles. The second-order valence-corrected chi connectivity index (χ2v) is 7.71. The minimum Gasteiger partial charge on any atom is -0.490 e. The van der Waals surface area contributed by atoms with E-state index in [0.717, 1.165) is 0 Å². The van der Waals surface area contributed by atoms with Crippen molar-refractivity contribution in [2.24, 2.45) is 5.73 Å². The highest BCUT2D eigenvalue weighted by molar-refractivity contribution is 5.95. The Balaban J connectivity index is 2.65. The van der Waals surface area contributed by atoms with Crippen LogP contribution in [0, 0.1) is 5.41 Å². The molecule has 0 spiro atoms. The number of nitrogens with one attached hydrogen (secondary N) is 2. The van der Waals surface area contributed by atoms with Crippen LogP contribution >= 0.6 is 0 Å². The van der Waals surface area contributed by atoms with Gasteiger partial charge >= 0.3 is 11.9 Å². The highest BCUT2D eigenvalue weighted by Gasteiger charge is 2.34. The Labute approximate surface area is 198 Å². The van der Waals surface area contributed by atoms with E-state index in [9.17, 15) is 14.7 Å². The molecule has 0 bridgehead atoms. The molecule has 0 aliphatic rings. The van der Waals surface area contributed by atoms with Gasteiger partial charge in [-0.2, -0.15) is 0 Å². The number of methoxy groups -OCH3 is 1. The average Bonchev–Trinajstić information content (AvgIpc) is 2.79. The Morgan fingerprint density at radius 1 is 1.06 bits per heavy atom. The maximum absolute atomic E-state index is 12.8. The van der Waals surface area contributed by atoms with Gasteiger partial charge in [-0.3, -0.25) is 5.41 Å². The Morgan fingerprint density at radius 3 is 2.09 bits per heavy atom. The molecule has 0 heterocycles. The number of hydrogen-bond donors (Lipinski definition) is 4. The summed E-state index contributed by atoms with van der Waals surface area (Å²) in [5, 5.41) is 20.2. The van der Waals surface area contributed by atoms with Gasteiger partial charge in [-0.15, -0.1) is 0 Å². The lowest BCUT2D eigenvalue weighted by Gasteiger charge is -2.27. The Kier molecular flexibility index (Phi) is 8.71. The summed E-state index contributed by atoms with van der Waals surface area (Å²) in [6.45, 7) is 7.08. The lowest BCUT2D eigenvalue weighted by atomic mass is 10.0. The predicted octanol–water partition coefficient (Wildman–Crippen LogP) is 3.34. The lowest BCUT2D eigenvalue weighted by molar-refractivity contribution is -0.152. The van der Waals surface area contributed by atoms with Crippen molar-refractivity contribution >= 4 is 23.5 Å². The number of nitrogen functional groups attached to an aromatic ring is 1. The molecule has 0 amide bonds. The van der Waals surface area contributed by atoms with Crippen LogP contribution in [-0.4, -0.2) is 48.8 Å². The van der Waals surface area contributed by atoms with E-state index in [2.05, 4.69) is 5.32 Å². The molecule has 0 saturated carbocycles. The molecule has 1 unspecified atom stereocenters. The maximum atomic E-state index is 12.8. The van der Waals surface area contributed by atoms with Crippen LogP contribution < -0.4 is 25.3 Å². The van der Waals surface area contributed by atoms with E-state index < -0.39 is 23.6 Å². The molecule has 10 heteroatoms. The molecule has 1 atom stereocenters. The largest absolute Gasteiger partial charge is 0.490 e. The molecule has 2 aromatic carbocycles. The maximum Gasteiger partial charge on any atom is 0.347 e. The van der Waals surface area contributed by atoms with Crippen LogP contribution in [0.3, 0.4) is 0 Å². The molecular weight excluding hydrogens is 442 g/mol.